The Morgan fingerprint density at radius 2 is 2.22 bits per heavy atom. The number of benzene rings is 1. The zero-order chi connectivity index (χ0) is 13.1. The summed E-state index contributed by atoms with van der Waals surface area (Å²) in [5.74, 6) is 6.40. The van der Waals surface area contributed by atoms with Crippen molar-refractivity contribution >= 4 is 33.5 Å². The molecule has 18 heavy (non-hydrogen) atoms. The van der Waals surface area contributed by atoms with Crippen LogP contribution in [0.15, 0.2) is 28.9 Å². The Hall–Kier alpha value is -1.37. The second kappa shape index (κ2) is 5.51. The van der Waals surface area contributed by atoms with E-state index in [1.807, 2.05) is 25.1 Å². The van der Waals surface area contributed by atoms with Gasteiger partial charge < -0.3 is 4.74 Å². The van der Waals surface area contributed by atoms with Gasteiger partial charge in [0.25, 0.3) is 0 Å². The molecule has 0 fully saturated rings. The number of halogens is 2. The van der Waals surface area contributed by atoms with Crippen molar-refractivity contribution in [1.29, 1.82) is 0 Å². The molecule has 0 spiro atoms. The average molecular weight is 330 g/mol. The molecule has 0 unspecified atom stereocenters. The second-order valence-electron chi connectivity index (χ2n) is 3.50. The van der Waals surface area contributed by atoms with Crippen molar-refractivity contribution in [2.24, 2.45) is 5.84 Å². The van der Waals surface area contributed by atoms with Gasteiger partial charge in [0, 0.05) is 4.47 Å². The maximum absolute atomic E-state index is 5.96. The SMILES string of the molecule is Cc1cc(Br)ccc1Oc1nc(NN)ncc1Cl. The Balaban J connectivity index is 2.33. The van der Waals surface area contributed by atoms with Gasteiger partial charge in [-0.15, -0.1) is 0 Å². The first-order valence-electron chi connectivity index (χ1n) is 5.03. The van der Waals surface area contributed by atoms with Crippen LogP contribution < -0.4 is 16.0 Å². The van der Waals surface area contributed by atoms with Gasteiger partial charge in [-0.25, -0.2) is 10.8 Å². The third kappa shape index (κ3) is 2.90. The molecule has 2 rings (SSSR count). The summed E-state index contributed by atoms with van der Waals surface area (Å²) in [6, 6.07) is 5.64. The van der Waals surface area contributed by atoms with Gasteiger partial charge in [0.1, 0.15) is 10.8 Å². The molecule has 1 aromatic carbocycles. The number of nitrogens with zero attached hydrogens (tertiary/aromatic N) is 2. The zero-order valence-electron chi connectivity index (χ0n) is 9.45. The predicted octanol–water partition coefficient (Wildman–Crippen LogP) is 3.28. The fourth-order valence-corrected chi connectivity index (χ4v) is 1.93. The fraction of sp³-hybridized carbons (Fsp3) is 0.0909. The Kier molecular flexibility index (Phi) is 4.00. The fourth-order valence-electron chi connectivity index (χ4n) is 1.32. The summed E-state index contributed by atoms with van der Waals surface area (Å²) in [7, 11) is 0. The number of hydrogen-bond acceptors (Lipinski definition) is 5. The molecule has 0 saturated heterocycles. The quantitative estimate of drug-likeness (QED) is 0.668. The van der Waals surface area contributed by atoms with Gasteiger partial charge in [-0.2, -0.15) is 4.98 Å². The highest BCUT2D eigenvalue weighted by molar-refractivity contribution is 9.10. The molecule has 3 N–H and O–H groups in total. The minimum atomic E-state index is 0.240. The van der Waals surface area contributed by atoms with Crippen LogP contribution in [0.2, 0.25) is 5.02 Å². The van der Waals surface area contributed by atoms with E-state index in [0.29, 0.717) is 10.8 Å². The molecule has 7 heteroatoms. The highest BCUT2D eigenvalue weighted by atomic mass is 79.9. The summed E-state index contributed by atoms with van der Waals surface area (Å²) >= 11 is 9.34. The summed E-state index contributed by atoms with van der Waals surface area (Å²) in [4.78, 5) is 7.91. The van der Waals surface area contributed by atoms with Crippen LogP contribution in [0.3, 0.4) is 0 Å². The minimum Gasteiger partial charge on any atom is -0.437 e. The van der Waals surface area contributed by atoms with Crippen molar-refractivity contribution in [3.05, 3.63) is 39.5 Å². The van der Waals surface area contributed by atoms with E-state index in [1.54, 1.807) is 0 Å². The first-order valence-corrected chi connectivity index (χ1v) is 6.20. The molecule has 0 saturated carbocycles. The summed E-state index contributed by atoms with van der Waals surface area (Å²) in [6.45, 7) is 1.93. The molecular weight excluding hydrogens is 320 g/mol. The number of nitrogens with two attached hydrogens (primary N) is 1. The Morgan fingerprint density at radius 1 is 1.44 bits per heavy atom. The Bertz CT molecular complexity index is 579. The lowest BCUT2D eigenvalue weighted by Crippen LogP contribution is -2.10. The lowest BCUT2D eigenvalue weighted by molar-refractivity contribution is 0.459. The molecule has 94 valence electrons. The molecule has 0 atom stereocenters. The summed E-state index contributed by atoms with van der Waals surface area (Å²) in [5.41, 5.74) is 3.30. The Labute approximate surface area is 117 Å². The third-order valence-electron chi connectivity index (χ3n) is 2.18. The topological polar surface area (TPSA) is 73.1 Å². The Morgan fingerprint density at radius 3 is 2.89 bits per heavy atom. The first-order chi connectivity index (χ1) is 8.60. The van der Waals surface area contributed by atoms with E-state index in [9.17, 15) is 0 Å². The van der Waals surface area contributed by atoms with E-state index in [1.165, 1.54) is 6.20 Å². The molecule has 0 aliphatic carbocycles. The molecule has 1 heterocycles. The van der Waals surface area contributed by atoms with Crippen molar-refractivity contribution in [2.75, 3.05) is 5.43 Å². The molecule has 0 amide bonds. The standard InChI is InChI=1S/C11H10BrClN4O/c1-6-4-7(12)2-3-9(6)18-10-8(13)5-15-11(16-10)17-14/h2-5H,14H2,1H3,(H,15,16,17). The molecular formula is C11H10BrClN4O. The summed E-state index contributed by atoms with van der Waals surface area (Å²) in [5, 5.41) is 0.316. The maximum Gasteiger partial charge on any atom is 0.243 e. The zero-order valence-corrected chi connectivity index (χ0v) is 11.8. The number of nitrogen functional groups attached to an aromatic ring is 1. The van der Waals surface area contributed by atoms with Crippen LogP contribution in [-0.2, 0) is 0 Å². The molecule has 5 nitrogen and oxygen atoms in total. The van der Waals surface area contributed by atoms with Crippen molar-refractivity contribution in [3.63, 3.8) is 0 Å². The largest absolute Gasteiger partial charge is 0.437 e. The van der Waals surface area contributed by atoms with E-state index >= 15 is 0 Å². The lowest BCUT2D eigenvalue weighted by atomic mass is 10.2. The number of rotatable bonds is 3. The van der Waals surface area contributed by atoms with Crippen LogP contribution in [0.4, 0.5) is 5.95 Å². The molecule has 0 aliphatic rings. The van der Waals surface area contributed by atoms with Gasteiger partial charge in [0.05, 0.1) is 6.20 Å². The predicted molar refractivity (Wildman–Crippen MR) is 73.8 cm³/mol. The van der Waals surface area contributed by atoms with Gasteiger partial charge in [0.15, 0.2) is 0 Å². The average Bonchev–Trinajstić information content (AvgIpc) is 2.35. The number of hydrazine groups is 1. The number of aromatic nitrogens is 2. The van der Waals surface area contributed by atoms with Crippen molar-refractivity contribution < 1.29 is 4.74 Å². The molecule has 1 aromatic heterocycles. The molecule has 0 aliphatic heterocycles. The number of hydrogen-bond donors (Lipinski definition) is 2. The van der Waals surface area contributed by atoms with Crippen molar-refractivity contribution in [1.82, 2.24) is 9.97 Å². The number of anilines is 1. The van der Waals surface area contributed by atoms with E-state index in [0.717, 1.165) is 10.0 Å². The van der Waals surface area contributed by atoms with Gasteiger partial charge in [0.2, 0.25) is 11.8 Å². The van der Waals surface area contributed by atoms with Crippen LogP contribution in [-0.4, -0.2) is 9.97 Å². The summed E-state index contributed by atoms with van der Waals surface area (Å²) < 4.78 is 6.62. The van der Waals surface area contributed by atoms with Crippen molar-refractivity contribution in [3.8, 4) is 11.6 Å². The monoisotopic (exact) mass is 328 g/mol. The van der Waals surface area contributed by atoms with Crippen molar-refractivity contribution in [2.45, 2.75) is 6.92 Å². The van der Waals surface area contributed by atoms with Crippen LogP contribution in [0.5, 0.6) is 11.6 Å². The minimum absolute atomic E-state index is 0.240. The molecule has 0 radical (unpaired) electrons. The van der Waals surface area contributed by atoms with E-state index in [-0.39, 0.29) is 11.8 Å². The second-order valence-corrected chi connectivity index (χ2v) is 4.83. The van der Waals surface area contributed by atoms with Gasteiger partial charge in [-0.3, -0.25) is 5.43 Å². The molecule has 0 bridgehead atoms. The normalized spacial score (nSPS) is 10.2. The molecule has 2 aromatic rings. The van der Waals surface area contributed by atoms with E-state index in [2.05, 4.69) is 31.3 Å². The van der Waals surface area contributed by atoms with Gasteiger partial charge >= 0.3 is 0 Å². The number of ether oxygens (including phenoxy) is 1. The number of nitrogens with one attached hydrogen (secondary N) is 1. The number of aryl methyl sites for hydroxylation is 1. The smallest absolute Gasteiger partial charge is 0.243 e. The highest BCUT2D eigenvalue weighted by Crippen LogP contribution is 2.30. The lowest BCUT2D eigenvalue weighted by Gasteiger charge is -2.10. The van der Waals surface area contributed by atoms with Gasteiger partial charge in [-0.05, 0) is 30.7 Å². The maximum atomic E-state index is 5.96. The van der Waals surface area contributed by atoms with E-state index < -0.39 is 0 Å². The van der Waals surface area contributed by atoms with Crippen LogP contribution >= 0.6 is 27.5 Å². The van der Waals surface area contributed by atoms with Crippen LogP contribution in [0, 0.1) is 6.92 Å². The first kappa shape index (κ1) is 13.1. The van der Waals surface area contributed by atoms with Crippen LogP contribution in [0.25, 0.3) is 0 Å². The third-order valence-corrected chi connectivity index (χ3v) is 2.94. The van der Waals surface area contributed by atoms with Crippen LogP contribution in [0.1, 0.15) is 5.56 Å². The van der Waals surface area contributed by atoms with Gasteiger partial charge in [-0.1, -0.05) is 27.5 Å². The highest BCUT2D eigenvalue weighted by Gasteiger charge is 2.09. The van der Waals surface area contributed by atoms with E-state index in [4.69, 9.17) is 22.2 Å². The summed E-state index contributed by atoms with van der Waals surface area (Å²) in [6.07, 6.45) is 1.42.